The van der Waals surface area contributed by atoms with Gasteiger partial charge in [0.2, 0.25) is 0 Å². The van der Waals surface area contributed by atoms with Crippen LogP contribution in [0.2, 0.25) is 5.02 Å². The van der Waals surface area contributed by atoms with Crippen LogP contribution in [0.25, 0.3) is 0 Å². The van der Waals surface area contributed by atoms with Crippen molar-refractivity contribution in [3.63, 3.8) is 0 Å². The van der Waals surface area contributed by atoms with Crippen LogP contribution in [-0.2, 0) is 0 Å². The maximum atomic E-state index is 14.1. The molecular weight excluding hydrogens is 281 g/mol. The maximum Gasteiger partial charge on any atom is 0.129 e. The van der Waals surface area contributed by atoms with Gasteiger partial charge in [-0.25, -0.2) is 4.39 Å². The van der Waals surface area contributed by atoms with E-state index >= 15 is 0 Å². The molecule has 19 heavy (non-hydrogen) atoms. The lowest BCUT2D eigenvalue weighted by molar-refractivity contribution is 0.559. The van der Waals surface area contributed by atoms with Gasteiger partial charge in [0.1, 0.15) is 5.82 Å². The summed E-state index contributed by atoms with van der Waals surface area (Å²) in [4.78, 5) is 2.42. The van der Waals surface area contributed by atoms with Crippen molar-refractivity contribution in [2.24, 2.45) is 0 Å². The molecular formula is C15H17ClFNS. The molecule has 1 aromatic heterocycles. The fraction of sp³-hybridized carbons (Fsp3) is 0.333. The average molecular weight is 298 g/mol. The van der Waals surface area contributed by atoms with E-state index in [0.717, 1.165) is 12.1 Å². The Hall–Kier alpha value is -0.900. The fourth-order valence-electron chi connectivity index (χ4n) is 2.30. The summed E-state index contributed by atoms with van der Waals surface area (Å²) in [7, 11) is 0. The van der Waals surface area contributed by atoms with Gasteiger partial charge >= 0.3 is 0 Å². The van der Waals surface area contributed by atoms with Crippen molar-refractivity contribution in [3.8, 4) is 0 Å². The highest BCUT2D eigenvalue weighted by Crippen LogP contribution is 2.35. The van der Waals surface area contributed by atoms with E-state index in [-0.39, 0.29) is 11.9 Å². The smallest absolute Gasteiger partial charge is 0.129 e. The van der Waals surface area contributed by atoms with E-state index in [1.165, 1.54) is 15.8 Å². The van der Waals surface area contributed by atoms with Crippen molar-refractivity contribution < 1.29 is 4.39 Å². The van der Waals surface area contributed by atoms with Crippen LogP contribution in [0, 0.1) is 19.7 Å². The molecule has 102 valence electrons. The predicted molar refractivity (Wildman–Crippen MR) is 80.7 cm³/mol. The van der Waals surface area contributed by atoms with Crippen molar-refractivity contribution in [2.45, 2.75) is 26.8 Å². The number of rotatable bonds is 4. The summed E-state index contributed by atoms with van der Waals surface area (Å²) >= 11 is 7.92. The van der Waals surface area contributed by atoms with Crippen LogP contribution in [-0.4, -0.2) is 6.54 Å². The molecule has 0 aliphatic heterocycles. The van der Waals surface area contributed by atoms with Crippen LogP contribution in [0.5, 0.6) is 0 Å². The quantitative estimate of drug-likeness (QED) is 0.850. The summed E-state index contributed by atoms with van der Waals surface area (Å²) in [6.07, 6.45) is 0. The van der Waals surface area contributed by atoms with Gasteiger partial charge in [0.25, 0.3) is 0 Å². The highest BCUT2D eigenvalue weighted by Gasteiger charge is 2.22. The van der Waals surface area contributed by atoms with Gasteiger partial charge in [-0.2, -0.15) is 0 Å². The summed E-state index contributed by atoms with van der Waals surface area (Å²) in [5.41, 5.74) is 1.64. The SMILES string of the molecule is CCNC(c1cc(C)sc1C)c1c(F)cccc1Cl. The van der Waals surface area contributed by atoms with E-state index in [1.807, 2.05) is 6.92 Å². The Labute approximate surface area is 122 Å². The molecule has 0 saturated heterocycles. The first-order valence-corrected chi connectivity index (χ1v) is 7.48. The van der Waals surface area contributed by atoms with E-state index in [9.17, 15) is 4.39 Å². The van der Waals surface area contributed by atoms with Gasteiger partial charge in [-0.05, 0) is 44.2 Å². The number of halogens is 2. The lowest BCUT2D eigenvalue weighted by Gasteiger charge is -2.20. The molecule has 0 radical (unpaired) electrons. The monoisotopic (exact) mass is 297 g/mol. The Morgan fingerprint density at radius 1 is 1.37 bits per heavy atom. The minimum atomic E-state index is -0.262. The Morgan fingerprint density at radius 2 is 2.11 bits per heavy atom. The number of nitrogens with one attached hydrogen (secondary N) is 1. The molecule has 4 heteroatoms. The number of hydrogen-bond donors (Lipinski definition) is 1. The number of aryl methyl sites for hydroxylation is 2. The van der Waals surface area contributed by atoms with Gasteiger partial charge in [0.05, 0.1) is 6.04 Å². The Morgan fingerprint density at radius 3 is 2.63 bits per heavy atom. The number of thiophene rings is 1. The van der Waals surface area contributed by atoms with Crippen LogP contribution in [0.4, 0.5) is 4.39 Å². The van der Waals surface area contributed by atoms with Gasteiger partial charge in [0.15, 0.2) is 0 Å². The van der Waals surface area contributed by atoms with Crippen LogP contribution >= 0.6 is 22.9 Å². The minimum absolute atomic E-state index is 0.191. The molecule has 1 N–H and O–H groups in total. The normalized spacial score (nSPS) is 12.7. The summed E-state index contributed by atoms with van der Waals surface area (Å²) < 4.78 is 14.1. The second-order valence-corrected chi connectivity index (χ2v) is 6.36. The summed E-state index contributed by atoms with van der Waals surface area (Å²) in [6, 6.07) is 6.74. The minimum Gasteiger partial charge on any atom is -0.306 e. The van der Waals surface area contributed by atoms with Crippen LogP contribution in [0.15, 0.2) is 24.3 Å². The van der Waals surface area contributed by atoms with Crippen molar-refractivity contribution in [1.82, 2.24) is 5.32 Å². The molecule has 1 heterocycles. The Bertz CT molecular complexity index is 559. The zero-order valence-corrected chi connectivity index (χ0v) is 12.8. The van der Waals surface area contributed by atoms with Crippen molar-refractivity contribution in [3.05, 3.63) is 56.0 Å². The summed E-state index contributed by atoms with van der Waals surface area (Å²) in [6.45, 7) is 6.89. The molecule has 0 aliphatic carbocycles. The largest absolute Gasteiger partial charge is 0.306 e. The van der Waals surface area contributed by atoms with Crippen LogP contribution in [0.1, 0.15) is 33.8 Å². The molecule has 1 atom stereocenters. The van der Waals surface area contributed by atoms with E-state index in [1.54, 1.807) is 23.5 Å². The van der Waals surface area contributed by atoms with Crippen LogP contribution < -0.4 is 5.32 Å². The molecule has 2 aromatic rings. The average Bonchev–Trinajstić information content (AvgIpc) is 2.67. The first-order valence-electron chi connectivity index (χ1n) is 6.28. The molecule has 2 rings (SSSR count). The third-order valence-electron chi connectivity index (χ3n) is 3.09. The summed E-state index contributed by atoms with van der Waals surface area (Å²) in [5, 5.41) is 3.80. The second kappa shape index (κ2) is 6.04. The summed E-state index contributed by atoms with van der Waals surface area (Å²) in [5.74, 6) is -0.262. The van der Waals surface area contributed by atoms with Gasteiger partial charge < -0.3 is 5.32 Å². The van der Waals surface area contributed by atoms with Gasteiger partial charge in [0, 0.05) is 20.3 Å². The van der Waals surface area contributed by atoms with Crippen molar-refractivity contribution in [1.29, 1.82) is 0 Å². The highest BCUT2D eigenvalue weighted by atomic mass is 35.5. The van der Waals surface area contributed by atoms with Gasteiger partial charge in [-0.15, -0.1) is 11.3 Å². The molecule has 0 fully saturated rings. The Balaban J connectivity index is 2.54. The zero-order valence-electron chi connectivity index (χ0n) is 11.3. The Kier molecular flexibility index (Phi) is 4.61. The topological polar surface area (TPSA) is 12.0 Å². The third-order valence-corrected chi connectivity index (χ3v) is 4.40. The van der Waals surface area contributed by atoms with E-state index in [4.69, 9.17) is 11.6 Å². The van der Waals surface area contributed by atoms with Crippen molar-refractivity contribution in [2.75, 3.05) is 6.54 Å². The number of benzene rings is 1. The first-order chi connectivity index (χ1) is 9.04. The molecule has 0 saturated carbocycles. The van der Waals surface area contributed by atoms with Crippen LogP contribution in [0.3, 0.4) is 0 Å². The standard InChI is InChI=1S/C15H17ClFNS/c1-4-18-15(11-8-9(2)19-10(11)3)14-12(16)6-5-7-13(14)17/h5-8,15,18H,4H2,1-3H3. The lowest BCUT2D eigenvalue weighted by atomic mass is 9.98. The molecule has 1 nitrogen and oxygen atoms in total. The van der Waals surface area contributed by atoms with E-state index in [2.05, 4.69) is 25.2 Å². The maximum absolute atomic E-state index is 14.1. The molecule has 0 aliphatic rings. The number of hydrogen-bond acceptors (Lipinski definition) is 2. The molecule has 0 amide bonds. The molecule has 1 unspecified atom stereocenters. The first kappa shape index (κ1) is 14.5. The van der Waals surface area contributed by atoms with Gasteiger partial charge in [-0.1, -0.05) is 24.6 Å². The zero-order chi connectivity index (χ0) is 14.0. The van der Waals surface area contributed by atoms with E-state index < -0.39 is 0 Å². The second-order valence-electron chi connectivity index (χ2n) is 4.49. The molecule has 1 aromatic carbocycles. The predicted octanol–water partition coefficient (Wildman–Crippen LogP) is 4.86. The van der Waals surface area contributed by atoms with E-state index in [0.29, 0.717) is 10.6 Å². The van der Waals surface area contributed by atoms with Crippen molar-refractivity contribution >= 4 is 22.9 Å². The fourth-order valence-corrected chi connectivity index (χ4v) is 3.53. The van der Waals surface area contributed by atoms with Gasteiger partial charge in [-0.3, -0.25) is 0 Å². The molecule has 0 bridgehead atoms. The lowest BCUT2D eigenvalue weighted by Crippen LogP contribution is -2.23. The highest BCUT2D eigenvalue weighted by molar-refractivity contribution is 7.12. The molecule has 0 spiro atoms. The third kappa shape index (κ3) is 2.99.